The minimum absolute atomic E-state index is 0.0427. The Morgan fingerprint density at radius 1 is 1.07 bits per heavy atom. The molecule has 0 radical (unpaired) electrons. The lowest BCUT2D eigenvalue weighted by atomic mass is 10.2. The molecule has 0 saturated heterocycles. The zero-order valence-corrected chi connectivity index (χ0v) is 16.2. The van der Waals surface area contributed by atoms with Crippen LogP contribution in [0.25, 0.3) is 0 Å². The normalized spacial score (nSPS) is 10.8. The Kier molecular flexibility index (Phi) is 11.1. The molecule has 1 rings (SSSR count). The number of carboxylic acids is 2. The molecule has 0 fully saturated rings. The first kappa shape index (κ1) is 22.9. The molecule has 3 N–H and O–H groups in total. The Labute approximate surface area is 164 Å². The summed E-state index contributed by atoms with van der Waals surface area (Å²) in [5.74, 6) is -1.78. The Morgan fingerprint density at radius 2 is 1.67 bits per heavy atom. The number of aliphatic carboxylic acids is 2. The number of carboxylic acid groups (broad SMARTS) is 2. The maximum absolute atomic E-state index is 11.0. The maximum Gasteiger partial charge on any atom is 0.317 e. The number of aliphatic imine (C=N–C) groups is 1. The minimum Gasteiger partial charge on any atom is -0.480 e. The van der Waals surface area contributed by atoms with Gasteiger partial charge in [-0.3, -0.25) is 19.4 Å². The van der Waals surface area contributed by atoms with Crippen molar-refractivity contribution in [3.05, 3.63) is 29.8 Å². The zero-order chi connectivity index (χ0) is 20.1. The van der Waals surface area contributed by atoms with Gasteiger partial charge in [0, 0.05) is 32.7 Å². The Bertz CT molecular complexity index is 647. The summed E-state index contributed by atoms with van der Waals surface area (Å²) in [5.41, 5.74) is 1.84. The van der Waals surface area contributed by atoms with E-state index >= 15 is 0 Å². The summed E-state index contributed by atoms with van der Waals surface area (Å²) in [4.78, 5) is 29.3. The van der Waals surface area contributed by atoms with Crippen molar-refractivity contribution < 1.29 is 19.8 Å². The third-order valence-electron chi connectivity index (χ3n) is 3.94. The molecule has 0 aromatic heterocycles. The predicted molar refractivity (Wildman–Crippen MR) is 107 cm³/mol. The lowest BCUT2D eigenvalue weighted by Gasteiger charge is -2.25. The van der Waals surface area contributed by atoms with Crippen molar-refractivity contribution in [2.45, 2.75) is 13.5 Å². The molecule has 0 heterocycles. The second-order valence-electron chi connectivity index (χ2n) is 5.98. The molecule has 0 saturated carbocycles. The van der Waals surface area contributed by atoms with Crippen LogP contribution in [0.4, 0.5) is 5.69 Å². The van der Waals surface area contributed by atoms with E-state index < -0.39 is 11.9 Å². The summed E-state index contributed by atoms with van der Waals surface area (Å²) in [6.07, 6.45) is 0. The number of carbonyl (C=O) groups is 2. The van der Waals surface area contributed by atoms with Gasteiger partial charge in [0.15, 0.2) is 0 Å². The molecule has 148 valence electrons. The molecule has 0 aliphatic carbocycles. The van der Waals surface area contributed by atoms with E-state index in [0.29, 0.717) is 39.3 Å². The molecule has 0 aliphatic rings. The monoisotopic (exact) mass is 394 g/mol. The van der Waals surface area contributed by atoms with Crippen LogP contribution in [0.1, 0.15) is 12.5 Å². The maximum atomic E-state index is 11.0. The summed E-state index contributed by atoms with van der Waals surface area (Å²) >= 11 is 4.56. The lowest BCUT2D eigenvalue weighted by Crippen LogP contribution is -2.42. The van der Waals surface area contributed by atoms with Crippen molar-refractivity contribution in [3.8, 4) is 0 Å². The third-order valence-corrected chi connectivity index (χ3v) is 4.03. The van der Waals surface area contributed by atoms with Gasteiger partial charge in [-0.2, -0.15) is 4.99 Å². The van der Waals surface area contributed by atoms with Crippen LogP contribution in [0.15, 0.2) is 29.3 Å². The molecule has 9 heteroatoms. The summed E-state index contributed by atoms with van der Waals surface area (Å²) in [5, 5.41) is 23.5. The van der Waals surface area contributed by atoms with E-state index in [9.17, 15) is 9.59 Å². The summed E-state index contributed by atoms with van der Waals surface area (Å²) in [6.45, 7) is 5.22. The highest BCUT2D eigenvalue weighted by molar-refractivity contribution is 7.78. The average molecular weight is 394 g/mol. The first-order valence-electron chi connectivity index (χ1n) is 8.70. The molecule has 8 nitrogen and oxygen atoms in total. The smallest absolute Gasteiger partial charge is 0.317 e. The number of isothiocyanates is 1. The highest BCUT2D eigenvalue weighted by atomic mass is 32.1. The van der Waals surface area contributed by atoms with Crippen LogP contribution in [0, 0.1) is 0 Å². The van der Waals surface area contributed by atoms with E-state index in [1.807, 2.05) is 31.2 Å². The first-order valence-corrected chi connectivity index (χ1v) is 9.11. The molecule has 0 spiro atoms. The second kappa shape index (κ2) is 13.1. The summed E-state index contributed by atoms with van der Waals surface area (Å²) in [7, 11) is 0. The number of benzene rings is 1. The minimum atomic E-state index is -0.897. The molecule has 0 amide bonds. The quantitative estimate of drug-likeness (QED) is 0.246. The second-order valence-corrected chi connectivity index (χ2v) is 6.16. The van der Waals surface area contributed by atoms with Gasteiger partial charge in [0.2, 0.25) is 0 Å². The van der Waals surface area contributed by atoms with Crippen molar-refractivity contribution in [3.63, 3.8) is 0 Å². The average Bonchev–Trinajstić information content (AvgIpc) is 2.62. The van der Waals surface area contributed by atoms with Crippen LogP contribution in [0.2, 0.25) is 0 Å². The fourth-order valence-corrected chi connectivity index (χ4v) is 2.60. The van der Waals surface area contributed by atoms with Crippen LogP contribution >= 0.6 is 12.2 Å². The Hall–Kier alpha value is -2.16. The van der Waals surface area contributed by atoms with Crippen molar-refractivity contribution in [2.75, 3.05) is 45.8 Å². The van der Waals surface area contributed by atoms with Gasteiger partial charge in [-0.1, -0.05) is 19.1 Å². The zero-order valence-electron chi connectivity index (χ0n) is 15.4. The molecule has 0 bridgehead atoms. The van der Waals surface area contributed by atoms with Gasteiger partial charge in [-0.25, -0.2) is 0 Å². The molecule has 0 aliphatic heterocycles. The topological polar surface area (TPSA) is 105 Å². The van der Waals surface area contributed by atoms with Gasteiger partial charge in [0.05, 0.1) is 23.9 Å². The van der Waals surface area contributed by atoms with Gasteiger partial charge in [0.1, 0.15) is 0 Å². The number of nitrogens with one attached hydrogen (secondary N) is 1. The lowest BCUT2D eigenvalue weighted by molar-refractivity contribution is -0.140. The fraction of sp³-hybridized carbons (Fsp3) is 0.500. The molecule has 0 atom stereocenters. The van der Waals surface area contributed by atoms with E-state index in [1.165, 1.54) is 0 Å². The Morgan fingerprint density at radius 3 is 2.22 bits per heavy atom. The highest BCUT2D eigenvalue weighted by Gasteiger charge is 2.13. The number of likely N-dealkylation sites (N-methyl/N-ethyl adjacent to an activating group) is 1. The summed E-state index contributed by atoms with van der Waals surface area (Å²) < 4.78 is 0. The first-order chi connectivity index (χ1) is 12.9. The Balaban J connectivity index is 2.41. The summed E-state index contributed by atoms with van der Waals surface area (Å²) in [6, 6.07) is 7.60. The van der Waals surface area contributed by atoms with Crippen LogP contribution in [-0.4, -0.2) is 82.9 Å². The highest BCUT2D eigenvalue weighted by Crippen LogP contribution is 2.11. The van der Waals surface area contributed by atoms with Crippen molar-refractivity contribution >= 4 is 35.0 Å². The number of nitrogens with zero attached hydrogens (tertiary/aromatic N) is 3. The number of hydrogen-bond acceptors (Lipinski definition) is 7. The standard InChI is InChI=1S/C18H26N4O4S/c1-2-21(12-17(23)24)9-10-22(13-18(25)26)8-7-19-11-15-3-5-16(6-4-15)20-14-27/h3-6,19H,2,7-13H2,1H3,(H,23,24)(H,25,26). The van der Waals surface area contributed by atoms with Crippen LogP contribution < -0.4 is 5.32 Å². The molecular formula is C18H26N4O4S. The molecular weight excluding hydrogens is 368 g/mol. The number of rotatable bonds is 14. The van der Waals surface area contributed by atoms with Crippen molar-refractivity contribution in [1.82, 2.24) is 15.1 Å². The van der Waals surface area contributed by atoms with E-state index in [0.717, 1.165) is 11.3 Å². The molecule has 27 heavy (non-hydrogen) atoms. The van der Waals surface area contributed by atoms with Crippen LogP contribution in [0.3, 0.4) is 0 Å². The number of hydrogen-bond donors (Lipinski definition) is 3. The molecule has 1 aromatic carbocycles. The van der Waals surface area contributed by atoms with Crippen LogP contribution in [0.5, 0.6) is 0 Å². The third kappa shape index (κ3) is 10.5. The van der Waals surface area contributed by atoms with E-state index in [4.69, 9.17) is 10.2 Å². The molecule has 1 aromatic rings. The van der Waals surface area contributed by atoms with Gasteiger partial charge < -0.3 is 15.5 Å². The largest absolute Gasteiger partial charge is 0.480 e. The van der Waals surface area contributed by atoms with E-state index in [2.05, 4.69) is 27.7 Å². The predicted octanol–water partition coefficient (Wildman–Crippen LogP) is 1.30. The van der Waals surface area contributed by atoms with Gasteiger partial charge in [-0.15, -0.1) is 0 Å². The molecule has 0 unspecified atom stereocenters. The number of thiocarbonyl (C=S) groups is 1. The van der Waals surface area contributed by atoms with E-state index in [1.54, 1.807) is 9.80 Å². The fourth-order valence-electron chi connectivity index (χ4n) is 2.50. The van der Waals surface area contributed by atoms with Crippen molar-refractivity contribution in [1.29, 1.82) is 0 Å². The van der Waals surface area contributed by atoms with E-state index in [-0.39, 0.29) is 13.1 Å². The van der Waals surface area contributed by atoms with Crippen LogP contribution in [-0.2, 0) is 16.1 Å². The van der Waals surface area contributed by atoms with Gasteiger partial charge in [0.25, 0.3) is 0 Å². The van der Waals surface area contributed by atoms with Gasteiger partial charge in [-0.05, 0) is 36.5 Å². The van der Waals surface area contributed by atoms with Gasteiger partial charge >= 0.3 is 11.9 Å². The van der Waals surface area contributed by atoms with Crippen molar-refractivity contribution in [2.24, 2.45) is 4.99 Å². The SMILES string of the molecule is CCN(CCN(CCNCc1ccc(N=C=S)cc1)CC(=O)O)CC(=O)O.